The Kier molecular flexibility index (Phi) is 5.11. The van der Waals surface area contributed by atoms with Crippen LogP contribution in [-0.4, -0.2) is 24.7 Å². The number of methoxy groups -OCH3 is 2. The molecule has 0 aliphatic heterocycles. The van der Waals surface area contributed by atoms with Crippen LogP contribution >= 0.6 is 0 Å². The minimum absolute atomic E-state index is 0.347. The van der Waals surface area contributed by atoms with Gasteiger partial charge >= 0.3 is 0 Å². The summed E-state index contributed by atoms with van der Waals surface area (Å²) >= 11 is 0. The highest BCUT2D eigenvalue weighted by Gasteiger charge is 2.21. The summed E-state index contributed by atoms with van der Waals surface area (Å²) in [5, 5.41) is 1.13. The first kappa shape index (κ1) is 19.2. The molecule has 0 atom stereocenters. The summed E-state index contributed by atoms with van der Waals surface area (Å²) in [6, 6.07) is 12.4. The standard InChI is InChI=1S/C23H28N2O2/c1-14-15(2)25-19-10-8-7-9-17(19)22(14)18-12-21(27-6)20(26-5)11-16(18)13-23(3,4)24/h7-12H,13,24H2,1-6H3. The highest BCUT2D eigenvalue weighted by Crippen LogP contribution is 2.41. The van der Waals surface area contributed by atoms with Gasteiger partial charge in [0.05, 0.1) is 19.7 Å². The molecule has 2 aromatic carbocycles. The summed E-state index contributed by atoms with van der Waals surface area (Å²) in [6.45, 7) is 8.25. The fourth-order valence-corrected chi connectivity index (χ4v) is 3.57. The molecule has 0 unspecified atom stereocenters. The van der Waals surface area contributed by atoms with Gasteiger partial charge in [0.1, 0.15) is 0 Å². The monoisotopic (exact) mass is 364 g/mol. The van der Waals surface area contributed by atoms with Crippen LogP contribution in [0.25, 0.3) is 22.0 Å². The largest absolute Gasteiger partial charge is 0.493 e. The van der Waals surface area contributed by atoms with E-state index >= 15 is 0 Å². The van der Waals surface area contributed by atoms with Gasteiger partial charge in [-0.1, -0.05) is 18.2 Å². The van der Waals surface area contributed by atoms with Crippen molar-refractivity contribution in [2.45, 2.75) is 39.7 Å². The maximum absolute atomic E-state index is 6.37. The van der Waals surface area contributed by atoms with E-state index in [4.69, 9.17) is 20.2 Å². The Hall–Kier alpha value is -2.59. The zero-order valence-corrected chi connectivity index (χ0v) is 17.0. The van der Waals surface area contributed by atoms with E-state index in [1.807, 2.05) is 26.0 Å². The number of pyridine rings is 1. The molecule has 1 aromatic heterocycles. The Morgan fingerprint density at radius 1 is 1.00 bits per heavy atom. The highest BCUT2D eigenvalue weighted by atomic mass is 16.5. The second-order valence-electron chi connectivity index (χ2n) is 7.74. The van der Waals surface area contributed by atoms with Crippen molar-refractivity contribution in [3.05, 3.63) is 53.2 Å². The van der Waals surface area contributed by atoms with Gasteiger partial charge in [-0.25, -0.2) is 0 Å². The third-order valence-electron chi connectivity index (χ3n) is 4.90. The summed E-state index contributed by atoms with van der Waals surface area (Å²) in [7, 11) is 3.32. The third kappa shape index (κ3) is 3.76. The van der Waals surface area contributed by atoms with Crippen molar-refractivity contribution in [1.29, 1.82) is 0 Å². The van der Waals surface area contributed by atoms with Gasteiger partial charge in [0, 0.05) is 16.6 Å². The first-order valence-corrected chi connectivity index (χ1v) is 9.15. The van der Waals surface area contributed by atoms with E-state index in [0.717, 1.165) is 39.7 Å². The van der Waals surface area contributed by atoms with Crippen LogP contribution in [0.5, 0.6) is 11.5 Å². The number of ether oxygens (including phenoxy) is 2. The first-order chi connectivity index (χ1) is 12.7. The lowest BCUT2D eigenvalue weighted by Crippen LogP contribution is -2.34. The molecule has 3 aromatic rings. The summed E-state index contributed by atoms with van der Waals surface area (Å²) < 4.78 is 11.1. The van der Waals surface area contributed by atoms with E-state index in [1.54, 1.807) is 14.2 Å². The number of rotatable bonds is 5. The molecule has 0 aliphatic rings. The molecule has 4 heteroatoms. The number of hydrogen-bond acceptors (Lipinski definition) is 4. The van der Waals surface area contributed by atoms with E-state index in [-0.39, 0.29) is 5.54 Å². The fraction of sp³-hybridized carbons (Fsp3) is 0.348. The van der Waals surface area contributed by atoms with Crippen LogP contribution in [0, 0.1) is 13.8 Å². The Morgan fingerprint density at radius 3 is 2.26 bits per heavy atom. The number of aromatic nitrogens is 1. The second kappa shape index (κ2) is 7.20. The number of nitrogens with zero attached hydrogens (tertiary/aromatic N) is 1. The van der Waals surface area contributed by atoms with Crippen LogP contribution in [-0.2, 0) is 6.42 Å². The molecular weight excluding hydrogens is 336 g/mol. The lowest BCUT2D eigenvalue weighted by Gasteiger charge is -2.24. The molecule has 3 rings (SSSR count). The third-order valence-corrected chi connectivity index (χ3v) is 4.90. The number of hydrogen-bond donors (Lipinski definition) is 1. The molecule has 0 amide bonds. The second-order valence-corrected chi connectivity index (χ2v) is 7.74. The van der Waals surface area contributed by atoms with Crippen molar-refractivity contribution in [1.82, 2.24) is 4.98 Å². The summed E-state index contributed by atoms with van der Waals surface area (Å²) in [5.74, 6) is 1.43. The Bertz CT molecular complexity index is 988. The van der Waals surface area contributed by atoms with Crippen LogP contribution in [0.1, 0.15) is 30.7 Å². The number of fused-ring (bicyclic) bond motifs is 1. The Morgan fingerprint density at radius 2 is 1.63 bits per heavy atom. The molecule has 1 heterocycles. The maximum Gasteiger partial charge on any atom is 0.161 e. The minimum Gasteiger partial charge on any atom is -0.493 e. The summed E-state index contributed by atoms with van der Waals surface area (Å²) in [5.41, 5.74) is 12.6. The van der Waals surface area contributed by atoms with Crippen LogP contribution in [0.4, 0.5) is 0 Å². The minimum atomic E-state index is -0.347. The molecule has 2 N–H and O–H groups in total. The van der Waals surface area contributed by atoms with Crippen LogP contribution in [0.2, 0.25) is 0 Å². The van der Waals surface area contributed by atoms with Gasteiger partial charge in [0.15, 0.2) is 11.5 Å². The molecule has 0 bridgehead atoms. The predicted molar refractivity (Wildman–Crippen MR) is 112 cm³/mol. The average molecular weight is 364 g/mol. The topological polar surface area (TPSA) is 57.4 Å². The van der Waals surface area contributed by atoms with Gasteiger partial charge in [-0.3, -0.25) is 4.98 Å². The van der Waals surface area contributed by atoms with Crippen LogP contribution < -0.4 is 15.2 Å². The van der Waals surface area contributed by atoms with E-state index in [1.165, 1.54) is 5.56 Å². The Balaban J connectivity index is 2.40. The molecule has 0 saturated carbocycles. The first-order valence-electron chi connectivity index (χ1n) is 9.15. The Labute approximate surface area is 161 Å². The fourth-order valence-electron chi connectivity index (χ4n) is 3.57. The van der Waals surface area contributed by atoms with Crippen molar-refractivity contribution >= 4 is 10.9 Å². The smallest absolute Gasteiger partial charge is 0.161 e. The molecule has 0 radical (unpaired) electrons. The van der Waals surface area contributed by atoms with Crippen molar-refractivity contribution in [3.63, 3.8) is 0 Å². The van der Waals surface area contributed by atoms with Gasteiger partial charge in [-0.2, -0.15) is 0 Å². The number of benzene rings is 2. The number of para-hydroxylation sites is 1. The zero-order valence-electron chi connectivity index (χ0n) is 17.0. The highest BCUT2D eigenvalue weighted by molar-refractivity contribution is 5.97. The molecule has 0 fully saturated rings. The van der Waals surface area contributed by atoms with Crippen LogP contribution in [0.15, 0.2) is 36.4 Å². The predicted octanol–water partition coefficient (Wildman–Crippen LogP) is 4.82. The van der Waals surface area contributed by atoms with Crippen molar-refractivity contribution in [2.24, 2.45) is 5.73 Å². The van der Waals surface area contributed by atoms with Gasteiger partial charge in [-0.15, -0.1) is 0 Å². The molecule has 142 valence electrons. The average Bonchev–Trinajstić information content (AvgIpc) is 2.61. The molecule has 4 nitrogen and oxygen atoms in total. The summed E-state index contributed by atoms with van der Waals surface area (Å²) in [6.07, 6.45) is 0.720. The van der Waals surface area contributed by atoms with Gasteiger partial charge in [-0.05, 0) is 74.6 Å². The maximum atomic E-state index is 6.37. The molecule has 0 spiro atoms. The normalized spacial score (nSPS) is 11.7. The lowest BCUT2D eigenvalue weighted by molar-refractivity contribution is 0.354. The SMILES string of the molecule is COc1cc(CC(C)(C)N)c(-c2c(C)c(C)nc3ccccc23)cc1OC. The lowest BCUT2D eigenvalue weighted by atomic mass is 9.86. The van der Waals surface area contributed by atoms with E-state index in [2.05, 4.69) is 38.1 Å². The number of aryl methyl sites for hydroxylation is 1. The summed E-state index contributed by atoms with van der Waals surface area (Å²) in [4.78, 5) is 4.76. The van der Waals surface area contributed by atoms with Crippen LogP contribution in [0.3, 0.4) is 0 Å². The van der Waals surface area contributed by atoms with Gasteiger partial charge in [0.25, 0.3) is 0 Å². The zero-order chi connectivity index (χ0) is 19.8. The molecule has 0 saturated heterocycles. The molecule has 0 aliphatic carbocycles. The number of nitrogens with two attached hydrogens (primary N) is 1. The van der Waals surface area contributed by atoms with Crippen molar-refractivity contribution < 1.29 is 9.47 Å². The van der Waals surface area contributed by atoms with E-state index < -0.39 is 0 Å². The van der Waals surface area contributed by atoms with Gasteiger partial charge in [0.2, 0.25) is 0 Å². The van der Waals surface area contributed by atoms with Crippen molar-refractivity contribution in [3.8, 4) is 22.6 Å². The quantitative estimate of drug-likeness (QED) is 0.705. The van der Waals surface area contributed by atoms with E-state index in [0.29, 0.717) is 11.5 Å². The molecular formula is C23H28N2O2. The molecule has 27 heavy (non-hydrogen) atoms. The van der Waals surface area contributed by atoms with Crippen molar-refractivity contribution in [2.75, 3.05) is 14.2 Å². The van der Waals surface area contributed by atoms with Gasteiger partial charge < -0.3 is 15.2 Å². The van der Waals surface area contributed by atoms with E-state index in [9.17, 15) is 0 Å².